The number of alkyl halides is 3. The molecule has 4 rings (SSSR count). The van der Waals surface area contributed by atoms with Crippen molar-refractivity contribution < 1.29 is 17.9 Å². The van der Waals surface area contributed by atoms with Crippen molar-refractivity contribution in [1.29, 1.82) is 5.26 Å². The molecular weight excluding hydrogens is 439 g/mol. The molecular formula is C27H26F3N3O. The molecule has 0 bridgehead atoms. The Kier molecular flexibility index (Phi) is 7.01. The van der Waals surface area contributed by atoms with Gasteiger partial charge in [0.05, 0.1) is 41.3 Å². The van der Waals surface area contributed by atoms with Crippen molar-refractivity contribution in [2.75, 3.05) is 19.7 Å². The summed E-state index contributed by atoms with van der Waals surface area (Å²) in [5.74, 6) is 0. The molecule has 0 spiro atoms. The molecule has 34 heavy (non-hydrogen) atoms. The summed E-state index contributed by atoms with van der Waals surface area (Å²) in [6, 6.07) is 20.6. The van der Waals surface area contributed by atoms with Gasteiger partial charge < -0.3 is 10.1 Å². The van der Waals surface area contributed by atoms with E-state index >= 15 is 0 Å². The molecule has 1 N–H and O–H groups in total. The summed E-state index contributed by atoms with van der Waals surface area (Å²) >= 11 is 0. The first-order valence-electron chi connectivity index (χ1n) is 11.3. The van der Waals surface area contributed by atoms with E-state index in [1.807, 2.05) is 24.3 Å². The van der Waals surface area contributed by atoms with Crippen LogP contribution in [-0.2, 0) is 16.3 Å². The van der Waals surface area contributed by atoms with E-state index in [9.17, 15) is 13.2 Å². The van der Waals surface area contributed by atoms with Gasteiger partial charge >= 0.3 is 6.18 Å². The van der Waals surface area contributed by atoms with Gasteiger partial charge in [0.1, 0.15) is 0 Å². The van der Waals surface area contributed by atoms with Crippen molar-refractivity contribution in [1.82, 2.24) is 10.3 Å². The predicted octanol–water partition coefficient (Wildman–Crippen LogP) is 6.04. The topological polar surface area (TPSA) is 57.9 Å². The number of nitriles is 1. The normalized spacial score (nSPS) is 16.6. The maximum Gasteiger partial charge on any atom is 0.416 e. The SMILES string of the molecule is CC(OCC1(c2ccccc2)CCNCC1)c1cc(C(F)(F)F)cc(-c2ccc(C#N)cc2)n1. The average molecular weight is 466 g/mol. The van der Waals surface area contributed by atoms with Crippen LogP contribution in [0.25, 0.3) is 11.3 Å². The van der Waals surface area contributed by atoms with Gasteiger partial charge in [0.25, 0.3) is 0 Å². The van der Waals surface area contributed by atoms with Gasteiger partial charge in [-0.2, -0.15) is 18.4 Å². The molecule has 1 aliphatic rings. The molecule has 1 saturated heterocycles. The molecule has 1 unspecified atom stereocenters. The van der Waals surface area contributed by atoms with E-state index in [0.29, 0.717) is 17.7 Å². The largest absolute Gasteiger partial charge is 0.416 e. The second-order valence-electron chi connectivity index (χ2n) is 8.70. The number of piperidine rings is 1. The fourth-order valence-corrected chi connectivity index (χ4v) is 4.37. The number of hydrogen-bond acceptors (Lipinski definition) is 4. The van der Waals surface area contributed by atoms with E-state index in [-0.39, 0.29) is 16.8 Å². The number of pyridine rings is 1. The second kappa shape index (κ2) is 9.96. The highest BCUT2D eigenvalue weighted by Crippen LogP contribution is 2.37. The maximum atomic E-state index is 13.7. The molecule has 176 valence electrons. The number of ether oxygens (including phenoxy) is 1. The van der Waals surface area contributed by atoms with E-state index in [1.165, 1.54) is 5.56 Å². The molecule has 2 heterocycles. The zero-order valence-corrected chi connectivity index (χ0v) is 18.9. The first-order valence-corrected chi connectivity index (χ1v) is 11.3. The van der Waals surface area contributed by atoms with Gasteiger partial charge in [0, 0.05) is 11.0 Å². The van der Waals surface area contributed by atoms with Gasteiger partial charge in [-0.1, -0.05) is 42.5 Å². The molecule has 1 aliphatic heterocycles. The fraction of sp³-hybridized carbons (Fsp3) is 0.333. The molecule has 7 heteroatoms. The number of aromatic nitrogens is 1. The third-order valence-electron chi connectivity index (χ3n) is 6.46. The van der Waals surface area contributed by atoms with Gasteiger partial charge in [-0.3, -0.25) is 4.98 Å². The summed E-state index contributed by atoms with van der Waals surface area (Å²) < 4.78 is 47.3. The van der Waals surface area contributed by atoms with Gasteiger partial charge in [-0.15, -0.1) is 0 Å². The number of nitrogens with zero attached hydrogens (tertiary/aromatic N) is 2. The Balaban J connectivity index is 1.62. The Morgan fingerprint density at radius 2 is 1.74 bits per heavy atom. The highest BCUT2D eigenvalue weighted by atomic mass is 19.4. The van der Waals surface area contributed by atoms with E-state index in [0.717, 1.165) is 38.1 Å². The average Bonchev–Trinajstić information content (AvgIpc) is 2.87. The molecule has 1 fully saturated rings. The number of benzene rings is 2. The van der Waals surface area contributed by atoms with Crippen molar-refractivity contribution in [3.63, 3.8) is 0 Å². The first-order chi connectivity index (χ1) is 16.3. The monoisotopic (exact) mass is 465 g/mol. The van der Waals surface area contributed by atoms with E-state index < -0.39 is 17.8 Å². The van der Waals surface area contributed by atoms with E-state index in [4.69, 9.17) is 10.00 Å². The van der Waals surface area contributed by atoms with Crippen molar-refractivity contribution in [3.05, 3.63) is 89.1 Å². The lowest BCUT2D eigenvalue weighted by molar-refractivity contribution is -0.137. The van der Waals surface area contributed by atoms with Crippen LogP contribution < -0.4 is 5.32 Å². The fourth-order valence-electron chi connectivity index (χ4n) is 4.37. The van der Waals surface area contributed by atoms with Crippen molar-refractivity contribution in [2.24, 2.45) is 0 Å². The lowest BCUT2D eigenvalue weighted by atomic mass is 9.74. The Labute approximate surface area is 197 Å². The number of rotatable bonds is 6. The maximum absolute atomic E-state index is 13.7. The van der Waals surface area contributed by atoms with Crippen molar-refractivity contribution >= 4 is 0 Å². The molecule has 0 aliphatic carbocycles. The molecule has 4 nitrogen and oxygen atoms in total. The standard InChI is InChI=1S/C27H26F3N3O/c1-19(34-18-26(11-13-32-14-12-26)22-5-3-2-4-6-22)24-15-23(27(28,29)30)16-25(33-24)21-9-7-20(17-31)8-10-21/h2-10,15-16,19,32H,11-14,18H2,1H3. The smallest absolute Gasteiger partial charge is 0.371 e. The minimum absolute atomic E-state index is 0.196. The molecule has 0 amide bonds. The van der Waals surface area contributed by atoms with E-state index in [1.54, 1.807) is 31.2 Å². The van der Waals surface area contributed by atoms with Crippen LogP contribution in [0.4, 0.5) is 13.2 Å². The minimum atomic E-state index is -4.51. The van der Waals surface area contributed by atoms with Crippen LogP contribution in [0.3, 0.4) is 0 Å². The van der Waals surface area contributed by atoms with Crippen molar-refractivity contribution in [3.8, 4) is 17.3 Å². The van der Waals surface area contributed by atoms with Crippen LogP contribution >= 0.6 is 0 Å². The van der Waals surface area contributed by atoms with Gasteiger partial charge in [-0.05, 0) is 62.7 Å². The summed E-state index contributed by atoms with van der Waals surface area (Å²) in [5, 5.41) is 12.4. The van der Waals surface area contributed by atoms with Gasteiger partial charge in [0.15, 0.2) is 0 Å². The molecule has 0 saturated carbocycles. The Morgan fingerprint density at radius 1 is 1.06 bits per heavy atom. The quantitative estimate of drug-likeness (QED) is 0.482. The van der Waals surface area contributed by atoms with Crippen LogP contribution in [0.1, 0.15) is 48.3 Å². The second-order valence-corrected chi connectivity index (χ2v) is 8.70. The molecule has 2 aromatic carbocycles. The van der Waals surface area contributed by atoms with Crippen LogP contribution in [0.15, 0.2) is 66.7 Å². The lowest BCUT2D eigenvalue weighted by Crippen LogP contribution is -2.43. The zero-order valence-electron chi connectivity index (χ0n) is 18.9. The molecule has 0 radical (unpaired) electrons. The van der Waals surface area contributed by atoms with Gasteiger partial charge in [-0.25, -0.2) is 0 Å². The van der Waals surface area contributed by atoms with E-state index in [2.05, 4.69) is 22.4 Å². The molecule has 1 atom stereocenters. The molecule has 3 aromatic rings. The highest BCUT2D eigenvalue weighted by Gasteiger charge is 2.36. The van der Waals surface area contributed by atoms with Gasteiger partial charge in [0.2, 0.25) is 0 Å². The third-order valence-corrected chi connectivity index (χ3v) is 6.46. The Morgan fingerprint density at radius 3 is 2.35 bits per heavy atom. The number of nitrogens with one attached hydrogen (secondary N) is 1. The Hall–Kier alpha value is -3.21. The third kappa shape index (κ3) is 5.30. The summed E-state index contributed by atoms with van der Waals surface area (Å²) in [4.78, 5) is 4.51. The molecule has 1 aromatic heterocycles. The minimum Gasteiger partial charge on any atom is -0.371 e. The summed E-state index contributed by atoms with van der Waals surface area (Å²) in [7, 11) is 0. The van der Waals surface area contributed by atoms with Crippen LogP contribution in [-0.4, -0.2) is 24.7 Å². The summed E-state index contributed by atoms with van der Waals surface area (Å²) in [5.41, 5.74) is 1.58. The summed E-state index contributed by atoms with van der Waals surface area (Å²) in [6.07, 6.45) is -3.37. The zero-order chi connectivity index (χ0) is 24.2. The number of halogens is 3. The predicted molar refractivity (Wildman–Crippen MR) is 124 cm³/mol. The van der Waals surface area contributed by atoms with Crippen LogP contribution in [0.5, 0.6) is 0 Å². The number of hydrogen-bond donors (Lipinski definition) is 1. The lowest BCUT2D eigenvalue weighted by Gasteiger charge is -2.38. The van der Waals surface area contributed by atoms with Crippen LogP contribution in [0.2, 0.25) is 0 Å². The Bertz CT molecular complexity index is 1150. The van der Waals surface area contributed by atoms with Crippen LogP contribution in [0, 0.1) is 11.3 Å². The first kappa shape index (κ1) is 23.9. The summed E-state index contributed by atoms with van der Waals surface area (Å²) in [6.45, 7) is 3.85. The highest BCUT2D eigenvalue weighted by molar-refractivity contribution is 5.61. The van der Waals surface area contributed by atoms with Crippen molar-refractivity contribution in [2.45, 2.75) is 37.5 Å².